The molecule has 0 aliphatic carbocycles. The molecule has 0 bridgehead atoms. The summed E-state index contributed by atoms with van der Waals surface area (Å²) in [5.74, 6) is 1.41. The van der Waals surface area contributed by atoms with Gasteiger partial charge in [-0.1, -0.05) is 66.7 Å². The molecule has 0 saturated carbocycles. The first kappa shape index (κ1) is 19.2. The van der Waals surface area contributed by atoms with Gasteiger partial charge in [-0.15, -0.1) is 16.4 Å². The number of anilines is 1. The second kappa shape index (κ2) is 7.55. The maximum atomic E-state index is 6.17. The van der Waals surface area contributed by atoms with Crippen molar-refractivity contribution in [1.29, 1.82) is 0 Å². The van der Waals surface area contributed by atoms with Crippen molar-refractivity contribution in [2.24, 2.45) is 10.1 Å². The Morgan fingerprint density at radius 1 is 0.906 bits per heavy atom. The van der Waals surface area contributed by atoms with Crippen LogP contribution in [0.1, 0.15) is 27.6 Å². The molecule has 7 heteroatoms. The number of para-hydroxylation sites is 1. The Balaban J connectivity index is 1.59. The van der Waals surface area contributed by atoms with Crippen LogP contribution in [0, 0.1) is 10.9 Å². The van der Waals surface area contributed by atoms with Crippen LogP contribution < -0.4 is 5.01 Å². The SMILES string of the molecule is Cc1ccccc1-n1c2c(sc1=S)C(c1ccccc1)N=C1OC(c3ccccc3)=NN12. The molecule has 0 radical (unpaired) electrons. The van der Waals surface area contributed by atoms with Gasteiger partial charge in [0.1, 0.15) is 6.04 Å². The lowest BCUT2D eigenvalue weighted by atomic mass is 10.1. The minimum atomic E-state index is -0.209. The highest BCUT2D eigenvalue weighted by Gasteiger charge is 2.39. The number of thiazole rings is 1. The zero-order valence-corrected chi connectivity index (χ0v) is 18.8. The molecule has 5 nitrogen and oxygen atoms in total. The van der Waals surface area contributed by atoms with Crippen molar-refractivity contribution in [2.75, 3.05) is 5.01 Å². The number of hydrazone groups is 1. The van der Waals surface area contributed by atoms with E-state index in [1.807, 2.05) is 60.7 Å². The Morgan fingerprint density at radius 3 is 2.34 bits per heavy atom. The van der Waals surface area contributed by atoms with Crippen molar-refractivity contribution in [3.63, 3.8) is 0 Å². The van der Waals surface area contributed by atoms with Crippen molar-refractivity contribution >= 4 is 41.3 Å². The topological polar surface area (TPSA) is 42.1 Å². The third-order valence-electron chi connectivity index (χ3n) is 5.55. The molecule has 3 heterocycles. The minimum Gasteiger partial charge on any atom is -0.403 e. The molecule has 32 heavy (non-hydrogen) atoms. The highest BCUT2D eigenvalue weighted by Crippen LogP contribution is 2.45. The standard InChI is InChI=1S/C25H18N4OS2/c1-16-10-8-9-15-19(16)28-23-21(32-25(28)31)20(17-11-4-2-5-12-17)26-24-29(23)27-22(30-24)18-13-6-3-7-14-18/h2-15,20H,1H3. The third kappa shape index (κ3) is 3.01. The van der Waals surface area contributed by atoms with Crippen molar-refractivity contribution in [3.05, 3.63) is 110 Å². The number of aryl methyl sites for hydroxylation is 1. The fourth-order valence-corrected chi connectivity index (χ4v) is 5.50. The summed E-state index contributed by atoms with van der Waals surface area (Å²) in [6.07, 6.45) is 0. The molecule has 3 aromatic carbocycles. The van der Waals surface area contributed by atoms with E-state index in [-0.39, 0.29) is 6.04 Å². The van der Waals surface area contributed by atoms with Crippen LogP contribution in [0.4, 0.5) is 5.82 Å². The van der Waals surface area contributed by atoms with Gasteiger partial charge in [-0.05, 0) is 48.5 Å². The molecule has 1 aromatic heterocycles. The van der Waals surface area contributed by atoms with E-state index in [0.717, 1.165) is 37.0 Å². The highest BCUT2D eigenvalue weighted by molar-refractivity contribution is 7.73. The monoisotopic (exact) mass is 454 g/mol. The zero-order chi connectivity index (χ0) is 21.7. The second-order valence-corrected chi connectivity index (χ2v) is 9.26. The molecule has 0 amide bonds. The van der Waals surface area contributed by atoms with Gasteiger partial charge < -0.3 is 4.74 Å². The number of aromatic nitrogens is 1. The largest absolute Gasteiger partial charge is 0.403 e. The average Bonchev–Trinajstić information content (AvgIpc) is 3.41. The molecule has 0 N–H and O–H groups in total. The number of rotatable bonds is 3. The molecular weight excluding hydrogens is 436 g/mol. The minimum absolute atomic E-state index is 0.209. The summed E-state index contributed by atoms with van der Waals surface area (Å²) in [6.45, 7) is 2.09. The lowest BCUT2D eigenvalue weighted by Gasteiger charge is -2.25. The van der Waals surface area contributed by atoms with Crippen LogP contribution in [0.2, 0.25) is 0 Å². The first-order valence-electron chi connectivity index (χ1n) is 10.3. The first-order chi connectivity index (χ1) is 15.7. The van der Waals surface area contributed by atoms with E-state index in [1.165, 1.54) is 0 Å². The molecule has 1 unspecified atom stereocenters. The molecular formula is C25H18N4OS2. The summed E-state index contributed by atoms with van der Waals surface area (Å²) in [4.78, 5) is 6.01. The number of ether oxygens (including phenoxy) is 1. The summed E-state index contributed by atoms with van der Waals surface area (Å²) in [6, 6.07) is 28.6. The van der Waals surface area contributed by atoms with Gasteiger partial charge in [-0.3, -0.25) is 4.57 Å². The van der Waals surface area contributed by atoms with E-state index in [1.54, 1.807) is 16.3 Å². The highest BCUT2D eigenvalue weighted by atomic mass is 32.1. The summed E-state index contributed by atoms with van der Waals surface area (Å²) >= 11 is 7.44. The van der Waals surface area contributed by atoms with Crippen LogP contribution in [0.15, 0.2) is 95.0 Å². The molecule has 2 aliphatic heterocycles. The Morgan fingerprint density at radius 2 is 1.59 bits per heavy atom. The predicted octanol–water partition coefficient (Wildman–Crippen LogP) is 6.23. The molecule has 1 atom stereocenters. The average molecular weight is 455 g/mol. The van der Waals surface area contributed by atoms with E-state index in [9.17, 15) is 0 Å². The number of amidine groups is 1. The van der Waals surface area contributed by atoms with Crippen LogP contribution in [-0.2, 0) is 4.74 Å². The van der Waals surface area contributed by atoms with Gasteiger partial charge >= 0.3 is 6.02 Å². The Hall–Kier alpha value is -3.55. The van der Waals surface area contributed by atoms with Gasteiger partial charge in [0, 0.05) is 5.56 Å². The number of hydrogen-bond donors (Lipinski definition) is 0. The van der Waals surface area contributed by atoms with Gasteiger partial charge in [0.15, 0.2) is 9.77 Å². The fraction of sp³-hybridized carbons (Fsp3) is 0.0800. The number of nitrogens with zero attached hydrogens (tertiary/aromatic N) is 4. The van der Waals surface area contributed by atoms with Crippen molar-refractivity contribution < 1.29 is 4.74 Å². The van der Waals surface area contributed by atoms with E-state index < -0.39 is 0 Å². The molecule has 0 fully saturated rings. The maximum absolute atomic E-state index is 6.17. The van der Waals surface area contributed by atoms with E-state index in [4.69, 9.17) is 27.0 Å². The fourth-order valence-electron chi connectivity index (χ4n) is 4.02. The summed E-state index contributed by atoms with van der Waals surface area (Å²) in [5.41, 5.74) is 4.16. The van der Waals surface area contributed by atoms with Gasteiger partial charge in [0.25, 0.3) is 0 Å². The Labute approximate surface area is 194 Å². The number of hydrogen-bond acceptors (Lipinski definition) is 6. The quantitative estimate of drug-likeness (QED) is 0.344. The summed E-state index contributed by atoms with van der Waals surface area (Å²) in [7, 11) is 0. The smallest absolute Gasteiger partial charge is 0.322 e. The van der Waals surface area contributed by atoms with Crippen LogP contribution in [0.3, 0.4) is 0 Å². The van der Waals surface area contributed by atoms with Crippen molar-refractivity contribution in [1.82, 2.24) is 4.57 Å². The Bertz CT molecular complexity index is 1440. The second-order valence-electron chi connectivity index (χ2n) is 7.59. The van der Waals surface area contributed by atoms with E-state index in [2.05, 4.69) is 35.8 Å². The molecule has 0 spiro atoms. The lowest BCUT2D eigenvalue weighted by molar-refractivity contribution is 0.545. The van der Waals surface area contributed by atoms with Gasteiger partial charge in [0.05, 0.1) is 10.6 Å². The maximum Gasteiger partial charge on any atom is 0.322 e. The number of benzene rings is 3. The van der Waals surface area contributed by atoms with Gasteiger partial charge in [-0.25, -0.2) is 4.99 Å². The molecule has 6 rings (SSSR count). The van der Waals surface area contributed by atoms with Gasteiger partial charge in [-0.2, -0.15) is 5.01 Å². The lowest BCUT2D eigenvalue weighted by Crippen LogP contribution is -2.29. The van der Waals surface area contributed by atoms with Crippen molar-refractivity contribution in [3.8, 4) is 5.69 Å². The Kier molecular flexibility index (Phi) is 4.52. The van der Waals surface area contributed by atoms with E-state index >= 15 is 0 Å². The summed E-state index contributed by atoms with van der Waals surface area (Å²) < 4.78 is 9.02. The molecule has 0 saturated heterocycles. The number of fused-ring (bicyclic) bond motifs is 3. The van der Waals surface area contributed by atoms with Crippen molar-refractivity contribution in [2.45, 2.75) is 13.0 Å². The molecule has 2 aliphatic rings. The number of aliphatic imine (C=N–C) groups is 1. The van der Waals surface area contributed by atoms with Crippen LogP contribution in [0.5, 0.6) is 0 Å². The van der Waals surface area contributed by atoms with E-state index in [0.29, 0.717) is 11.9 Å². The molecule has 156 valence electrons. The predicted molar refractivity (Wildman–Crippen MR) is 131 cm³/mol. The third-order valence-corrected chi connectivity index (χ3v) is 6.97. The molecule has 4 aromatic rings. The zero-order valence-electron chi connectivity index (χ0n) is 17.2. The van der Waals surface area contributed by atoms with Crippen LogP contribution in [0.25, 0.3) is 5.69 Å². The van der Waals surface area contributed by atoms with Crippen LogP contribution >= 0.6 is 23.6 Å². The van der Waals surface area contributed by atoms with Crippen LogP contribution in [-0.4, -0.2) is 16.5 Å². The first-order valence-corrected chi connectivity index (χ1v) is 11.5. The van der Waals surface area contributed by atoms with Gasteiger partial charge in [0.2, 0.25) is 5.90 Å². The normalized spacial score (nSPS) is 16.7. The summed E-state index contributed by atoms with van der Waals surface area (Å²) in [5, 5.41) is 6.60.